The maximum Gasteiger partial charge on any atom is 0.316 e. The zero-order chi connectivity index (χ0) is 20.5. The summed E-state index contributed by atoms with van der Waals surface area (Å²) < 4.78 is 4.95. The lowest BCUT2D eigenvalue weighted by Crippen LogP contribution is -2.27. The highest BCUT2D eigenvalue weighted by Gasteiger charge is 2.13. The Labute approximate surface area is 164 Å². The van der Waals surface area contributed by atoms with Gasteiger partial charge in [0, 0.05) is 17.7 Å². The van der Waals surface area contributed by atoms with Gasteiger partial charge in [-0.15, -0.1) is 0 Å². The summed E-state index contributed by atoms with van der Waals surface area (Å²) >= 11 is 0. The molecule has 2 aromatic rings. The van der Waals surface area contributed by atoms with Gasteiger partial charge in [0.1, 0.15) is 0 Å². The van der Waals surface area contributed by atoms with Crippen LogP contribution in [-0.2, 0) is 16.0 Å². The molecule has 148 valence electrons. The van der Waals surface area contributed by atoms with Crippen LogP contribution in [0.3, 0.4) is 0 Å². The average Bonchev–Trinajstić information content (AvgIpc) is 2.66. The van der Waals surface area contributed by atoms with Crippen molar-refractivity contribution >= 4 is 23.6 Å². The van der Waals surface area contributed by atoms with Crippen LogP contribution in [0.15, 0.2) is 48.5 Å². The molecular formula is C21H25N3O4. The molecule has 0 spiro atoms. The van der Waals surface area contributed by atoms with Gasteiger partial charge in [-0.05, 0) is 49.6 Å². The van der Waals surface area contributed by atoms with Crippen LogP contribution in [0.1, 0.15) is 47.8 Å². The molecule has 0 fully saturated rings. The molecule has 4 N–H and O–H groups in total. The number of urea groups is 1. The summed E-state index contributed by atoms with van der Waals surface area (Å²) in [5, 5.41) is 5.38. The summed E-state index contributed by atoms with van der Waals surface area (Å²) in [6.07, 6.45) is 0.895. The van der Waals surface area contributed by atoms with E-state index in [0.29, 0.717) is 30.7 Å². The van der Waals surface area contributed by atoms with Crippen molar-refractivity contribution < 1.29 is 19.1 Å². The molecule has 3 amide bonds. The predicted molar refractivity (Wildman–Crippen MR) is 107 cm³/mol. The largest absolute Gasteiger partial charge is 0.466 e. The van der Waals surface area contributed by atoms with Gasteiger partial charge in [0.15, 0.2) is 0 Å². The minimum atomic E-state index is -0.689. The highest BCUT2D eigenvalue weighted by molar-refractivity contribution is 5.96. The lowest BCUT2D eigenvalue weighted by molar-refractivity contribution is -0.143. The highest BCUT2D eigenvalue weighted by Crippen LogP contribution is 2.17. The minimum absolute atomic E-state index is 0.223. The average molecular weight is 383 g/mol. The molecule has 1 unspecified atom stereocenters. The van der Waals surface area contributed by atoms with Gasteiger partial charge in [-0.2, -0.15) is 0 Å². The number of anilines is 1. The lowest BCUT2D eigenvalue weighted by atomic mass is 10.0. The van der Waals surface area contributed by atoms with Gasteiger partial charge in [-0.25, -0.2) is 4.79 Å². The van der Waals surface area contributed by atoms with Crippen molar-refractivity contribution in [3.63, 3.8) is 0 Å². The number of hydrogen-bond acceptors (Lipinski definition) is 4. The van der Waals surface area contributed by atoms with Crippen LogP contribution in [0.5, 0.6) is 0 Å². The van der Waals surface area contributed by atoms with Crippen molar-refractivity contribution in [3.05, 3.63) is 65.2 Å². The molecule has 0 saturated carbocycles. The maximum atomic E-state index is 12.5. The van der Waals surface area contributed by atoms with Crippen LogP contribution in [0, 0.1) is 0 Å². The summed E-state index contributed by atoms with van der Waals surface area (Å²) in [4.78, 5) is 35.0. The van der Waals surface area contributed by atoms with Gasteiger partial charge >= 0.3 is 12.0 Å². The molecule has 1 atom stereocenters. The maximum absolute atomic E-state index is 12.5. The molecule has 7 heteroatoms. The van der Waals surface area contributed by atoms with E-state index in [1.807, 2.05) is 31.2 Å². The monoisotopic (exact) mass is 383 g/mol. The minimum Gasteiger partial charge on any atom is -0.466 e. The zero-order valence-electron chi connectivity index (χ0n) is 16.0. The Balaban J connectivity index is 2.01. The van der Waals surface area contributed by atoms with E-state index in [9.17, 15) is 14.4 Å². The van der Waals surface area contributed by atoms with Crippen molar-refractivity contribution in [2.75, 3.05) is 11.9 Å². The second-order valence-corrected chi connectivity index (χ2v) is 6.32. The van der Waals surface area contributed by atoms with Crippen LogP contribution in [0.25, 0.3) is 0 Å². The Bertz CT molecular complexity index is 851. The second kappa shape index (κ2) is 10.1. The van der Waals surface area contributed by atoms with Crippen molar-refractivity contribution in [1.29, 1.82) is 0 Å². The number of benzene rings is 2. The molecule has 28 heavy (non-hydrogen) atoms. The number of amides is 3. The van der Waals surface area contributed by atoms with Crippen molar-refractivity contribution in [2.45, 2.75) is 32.7 Å². The lowest BCUT2D eigenvalue weighted by Gasteiger charge is -2.16. The Morgan fingerprint density at radius 3 is 2.57 bits per heavy atom. The first kappa shape index (κ1) is 21.0. The van der Waals surface area contributed by atoms with Crippen LogP contribution in [0.4, 0.5) is 10.5 Å². The highest BCUT2D eigenvalue weighted by atomic mass is 16.5. The number of nitrogens with one attached hydrogen (secondary N) is 2. The topological polar surface area (TPSA) is 111 Å². The molecule has 0 heterocycles. The van der Waals surface area contributed by atoms with E-state index in [2.05, 4.69) is 10.6 Å². The number of aryl methyl sites for hydroxylation is 1. The van der Waals surface area contributed by atoms with E-state index < -0.39 is 6.03 Å². The number of primary amides is 1. The van der Waals surface area contributed by atoms with Gasteiger partial charge < -0.3 is 21.1 Å². The fourth-order valence-corrected chi connectivity index (χ4v) is 2.74. The van der Waals surface area contributed by atoms with Crippen molar-refractivity contribution in [3.8, 4) is 0 Å². The summed E-state index contributed by atoms with van der Waals surface area (Å²) in [6, 6.07) is 13.3. The number of carbonyl (C=O) groups excluding carboxylic acids is 3. The Kier molecular flexibility index (Phi) is 7.56. The summed E-state index contributed by atoms with van der Waals surface area (Å²) in [7, 11) is 0. The molecule has 7 nitrogen and oxygen atoms in total. The Morgan fingerprint density at radius 2 is 1.86 bits per heavy atom. The van der Waals surface area contributed by atoms with Crippen LogP contribution >= 0.6 is 0 Å². The van der Waals surface area contributed by atoms with E-state index in [1.165, 1.54) is 0 Å². The quantitative estimate of drug-likeness (QED) is 0.608. The predicted octanol–water partition coefficient (Wildman–Crippen LogP) is 3.16. The van der Waals surface area contributed by atoms with Gasteiger partial charge in [0.05, 0.1) is 12.6 Å². The van der Waals surface area contributed by atoms with Gasteiger partial charge in [-0.1, -0.05) is 30.3 Å². The van der Waals surface area contributed by atoms with Gasteiger partial charge in [0.25, 0.3) is 5.91 Å². The SMILES string of the molecule is CCOC(=O)CCc1cccc(C(C)NC(=O)c2cccc(NC(N)=O)c2)c1. The van der Waals surface area contributed by atoms with Crippen LogP contribution in [-0.4, -0.2) is 24.5 Å². The zero-order valence-corrected chi connectivity index (χ0v) is 16.0. The summed E-state index contributed by atoms with van der Waals surface area (Å²) in [5.41, 5.74) is 7.90. The van der Waals surface area contributed by atoms with E-state index in [-0.39, 0.29) is 17.9 Å². The van der Waals surface area contributed by atoms with Gasteiger partial charge in [-0.3, -0.25) is 9.59 Å². The number of esters is 1. The molecule has 0 radical (unpaired) electrons. The fourth-order valence-electron chi connectivity index (χ4n) is 2.74. The standard InChI is InChI=1S/C21H25N3O4/c1-3-28-19(25)11-10-15-6-4-7-16(12-15)14(2)23-20(26)17-8-5-9-18(13-17)24-21(22)27/h4-9,12-14H,3,10-11H2,1-2H3,(H,23,26)(H3,22,24,27). The third-order valence-corrected chi connectivity index (χ3v) is 4.11. The number of carbonyl (C=O) groups is 3. The first-order chi connectivity index (χ1) is 13.4. The number of rotatable bonds is 8. The smallest absolute Gasteiger partial charge is 0.316 e. The number of ether oxygens (including phenoxy) is 1. The van der Waals surface area contributed by atoms with Crippen LogP contribution < -0.4 is 16.4 Å². The molecule has 0 aliphatic heterocycles. The summed E-state index contributed by atoms with van der Waals surface area (Å²) in [6.45, 7) is 4.04. The Hall–Kier alpha value is -3.35. The molecule has 0 aromatic heterocycles. The molecule has 0 aliphatic carbocycles. The second-order valence-electron chi connectivity index (χ2n) is 6.32. The molecular weight excluding hydrogens is 358 g/mol. The number of nitrogens with two attached hydrogens (primary N) is 1. The molecule has 0 saturated heterocycles. The van der Waals surface area contributed by atoms with E-state index in [1.54, 1.807) is 31.2 Å². The number of hydrogen-bond donors (Lipinski definition) is 3. The van der Waals surface area contributed by atoms with E-state index >= 15 is 0 Å². The first-order valence-corrected chi connectivity index (χ1v) is 9.11. The Morgan fingerprint density at radius 1 is 1.11 bits per heavy atom. The van der Waals surface area contributed by atoms with Gasteiger partial charge in [0.2, 0.25) is 0 Å². The molecule has 0 bridgehead atoms. The van der Waals surface area contributed by atoms with E-state index in [4.69, 9.17) is 10.5 Å². The molecule has 2 rings (SSSR count). The molecule has 2 aromatic carbocycles. The van der Waals surface area contributed by atoms with Crippen molar-refractivity contribution in [1.82, 2.24) is 5.32 Å². The third kappa shape index (κ3) is 6.42. The van der Waals surface area contributed by atoms with Crippen molar-refractivity contribution in [2.24, 2.45) is 5.73 Å². The molecule has 0 aliphatic rings. The third-order valence-electron chi connectivity index (χ3n) is 4.11. The first-order valence-electron chi connectivity index (χ1n) is 9.11. The fraction of sp³-hybridized carbons (Fsp3) is 0.286. The summed E-state index contributed by atoms with van der Waals surface area (Å²) in [5.74, 6) is -0.490. The van der Waals surface area contributed by atoms with E-state index in [0.717, 1.165) is 11.1 Å². The van der Waals surface area contributed by atoms with Crippen LogP contribution in [0.2, 0.25) is 0 Å². The normalized spacial score (nSPS) is 11.4.